The largest absolute Gasteiger partial charge is 0.493 e. The molecule has 2 atom stereocenters. The van der Waals surface area contributed by atoms with Crippen LogP contribution in [0.15, 0.2) is 72.8 Å². The topological polar surface area (TPSA) is 92.9 Å². The first-order valence-electron chi connectivity index (χ1n) is 12.1. The Kier molecular flexibility index (Phi) is 9.91. The molecule has 3 aromatic rings. The number of carbonyl (C=O) groups is 2. The number of ether oxygens (including phenoxy) is 1. The number of hydrogen-bond acceptors (Lipinski definition) is 4. The van der Waals surface area contributed by atoms with Gasteiger partial charge in [0.15, 0.2) is 0 Å². The number of rotatable bonds is 12. The number of carboxylic acid groups (broad SMARTS) is 1. The first kappa shape index (κ1) is 27.2. The Morgan fingerprint density at radius 3 is 2.25 bits per heavy atom. The smallest absolute Gasteiger partial charge is 0.305 e. The fraction of sp³-hybridized carbons (Fsp3) is 0.310. The Balaban J connectivity index is 1.86. The van der Waals surface area contributed by atoms with E-state index in [0.717, 1.165) is 40.3 Å². The van der Waals surface area contributed by atoms with Crippen molar-refractivity contribution in [1.29, 1.82) is 0 Å². The first-order valence-corrected chi connectivity index (χ1v) is 12.5. The van der Waals surface area contributed by atoms with E-state index in [1.165, 1.54) is 0 Å². The highest BCUT2D eigenvalue weighted by Gasteiger charge is 2.26. The number of halogens is 1. The van der Waals surface area contributed by atoms with Crippen molar-refractivity contribution in [1.82, 2.24) is 5.01 Å². The van der Waals surface area contributed by atoms with Gasteiger partial charge in [-0.2, -0.15) is 0 Å². The van der Waals surface area contributed by atoms with Crippen LogP contribution < -0.4 is 10.6 Å². The van der Waals surface area contributed by atoms with Crippen molar-refractivity contribution >= 4 is 23.5 Å². The van der Waals surface area contributed by atoms with E-state index >= 15 is 0 Å². The molecule has 0 saturated carbocycles. The molecule has 0 radical (unpaired) electrons. The summed E-state index contributed by atoms with van der Waals surface area (Å²) in [5.74, 6) is 5.40. The summed E-state index contributed by atoms with van der Waals surface area (Å²) in [6, 6.07) is 23.3. The molecule has 0 bridgehead atoms. The van der Waals surface area contributed by atoms with Gasteiger partial charge in [0, 0.05) is 23.0 Å². The number of amides is 1. The van der Waals surface area contributed by atoms with Crippen molar-refractivity contribution in [2.45, 2.75) is 44.9 Å². The lowest BCUT2D eigenvalue weighted by Gasteiger charge is -2.28. The minimum atomic E-state index is -1.00. The molecule has 0 aliphatic carbocycles. The van der Waals surface area contributed by atoms with E-state index in [1.54, 1.807) is 12.1 Å². The molecule has 6 nitrogen and oxygen atoms in total. The third-order valence-electron chi connectivity index (χ3n) is 6.22. The molecular formula is C29H33ClN2O4. The van der Waals surface area contributed by atoms with Crippen LogP contribution in [-0.2, 0) is 4.79 Å². The van der Waals surface area contributed by atoms with E-state index in [9.17, 15) is 9.59 Å². The lowest BCUT2D eigenvalue weighted by Crippen LogP contribution is -2.38. The highest BCUT2D eigenvalue weighted by molar-refractivity contribution is 6.30. The number of hydrazine groups is 1. The third-order valence-corrected chi connectivity index (χ3v) is 6.47. The normalized spacial score (nSPS) is 12.6. The lowest BCUT2D eigenvalue weighted by molar-refractivity contribution is -0.137. The van der Waals surface area contributed by atoms with Gasteiger partial charge in [0.2, 0.25) is 0 Å². The molecular weight excluding hydrogens is 476 g/mol. The zero-order valence-electron chi connectivity index (χ0n) is 20.7. The minimum Gasteiger partial charge on any atom is -0.493 e. The number of aliphatic carboxylic acids is 1. The van der Waals surface area contributed by atoms with Crippen LogP contribution in [0.3, 0.4) is 0 Å². The highest BCUT2D eigenvalue weighted by Crippen LogP contribution is 2.38. The second-order valence-electron chi connectivity index (χ2n) is 8.95. The zero-order valence-corrected chi connectivity index (χ0v) is 21.4. The summed E-state index contributed by atoms with van der Waals surface area (Å²) in [7, 11) is 0. The van der Waals surface area contributed by atoms with Gasteiger partial charge in [-0.15, -0.1) is 0 Å². The Morgan fingerprint density at radius 1 is 1.00 bits per heavy atom. The molecule has 3 rings (SSSR count). The number of aryl methyl sites for hydroxylation is 1. The van der Waals surface area contributed by atoms with Gasteiger partial charge >= 0.3 is 5.97 Å². The second-order valence-corrected chi connectivity index (χ2v) is 9.38. The quantitative estimate of drug-likeness (QED) is 0.173. The molecule has 3 N–H and O–H groups in total. The van der Waals surface area contributed by atoms with E-state index in [4.69, 9.17) is 27.3 Å². The van der Waals surface area contributed by atoms with Crippen molar-refractivity contribution in [2.75, 3.05) is 13.2 Å². The number of carbonyl (C=O) groups excluding carboxylic acids is 1. The molecule has 0 aliphatic heterocycles. The summed E-state index contributed by atoms with van der Waals surface area (Å²) < 4.78 is 6.26. The number of nitrogens with zero attached hydrogens (tertiary/aromatic N) is 1. The fourth-order valence-electron chi connectivity index (χ4n) is 4.31. The van der Waals surface area contributed by atoms with Gasteiger partial charge in [-0.3, -0.25) is 14.6 Å². The average molecular weight is 509 g/mol. The van der Waals surface area contributed by atoms with Crippen LogP contribution in [0.4, 0.5) is 0 Å². The maximum Gasteiger partial charge on any atom is 0.305 e. The molecule has 0 spiro atoms. The average Bonchev–Trinajstić information content (AvgIpc) is 2.87. The molecule has 2 unspecified atom stereocenters. The summed E-state index contributed by atoms with van der Waals surface area (Å²) in [5, 5.41) is 10.5. The Hall–Kier alpha value is -3.35. The molecule has 0 fully saturated rings. The molecule has 190 valence electrons. The summed E-state index contributed by atoms with van der Waals surface area (Å²) in [4.78, 5) is 23.4. The molecule has 36 heavy (non-hydrogen) atoms. The SMILES string of the molecule is CCCC(c1ccc(C(=O)N(N)CCC(=O)O)cc1)C(COc1cccc(C)c1)c1ccc(Cl)cc1. The van der Waals surface area contributed by atoms with Crippen molar-refractivity contribution in [3.8, 4) is 5.75 Å². The molecule has 0 saturated heterocycles. The molecule has 0 heterocycles. The van der Waals surface area contributed by atoms with Gasteiger partial charge in [-0.1, -0.05) is 61.3 Å². The van der Waals surface area contributed by atoms with Crippen molar-refractivity contribution in [3.63, 3.8) is 0 Å². The number of nitrogens with two attached hydrogens (primary N) is 1. The van der Waals surface area contributed by atoms with Crippen LogP contribution in [0.2, 0.25) is 5.02 Å². The third kappa shape index (κ3) is 7.57. The maximum absolute atomic E-state index is 12.6. The Bertz CT molecular complexity index is 1150. The fourth-order valence-corrected chi connectivity index (χ4v) is 4.44. The van der Waals surface area contributed by atoms with Crippen LogP contribution in [0.25, 0.3) is 0 Å². The van der Waals surface area contributed by atoms with Crippen molar-refractivity contribution < 1.29 is 19.4 Å². The van der Waals surface area contributed by atoms with Crippen LogP contribution >= 0.6 is 11.6 Å². The Morgan fingerprint density at radius 2 is 1.64 bits per heavy atom. The number of benzene rings is 3. The summed E-state index contributed by atoms with van der Waals surface area (Å²) in [6.07, 6.45) is 1.70. The molecule has 3 aromatic carbocycles. The van der Waals surface area contributed by atoms with Gasteiger partial charge in [-0.25, -0.2) is 5.84 Å². The van der Waals surface area contributed by atoms with Crippen LogP contribution in [0, 0.1) is 6.92 Å². The van der Waals surface area contributed by atoms with E-state index in [1.807, 2.05) is 67.6 Å². The van der Waals surface area contributed by atoms with Crippen molar-refractivity contribution in [2.24, 2.45) is 5.84 Å². The lowest BCUT2D eigenvalue weighted by atomic mass is 9.79. The predicted octanol–water partition coefficient (Wildman–Crippen LogP) is 6.19. The molecule has 1 amide bonds. The Labute approximate surface area is 217 Å². The van der Waals surface area contributed by atoms with E-state index in [-0.39, 0.29) is 24.8 Å². The van der Waals surface area contributed by atoms with Gasteiger partial charge < -0.3 is 9.84 Å². The van der Waals surface area contributed by atoms with Crippen LogP contribution in [-0.4, -0.2) is 35.1 Å². The van der Waals surface area contributed by atoms with Crippen LogP contribution in [0.1, 0.15) is 65.1 Å². The summed E-state index contributed by atoms with van der Waals surface area (Å²) in [5.41, 5.74) is 3.78. The van der Waals surface area contributed by atoms with Gasteiger partial charge in [0.1, 0.15) is 5.75 Å². The highest BCUT2D eigenvalue weighted by atomic mass is 35.5. The zero-order chi connectivity index (χ0) is 26.1. The summed E-state index contributed by atoms with van der Waals surface area (Å²) >= 11 is 6.17. The molecule has 0 aliphatic rings. The predicted molar refractivity (Wildman–Crippen MR) is 142 cm³/mol. The standard InChI is InChI=1S/C29H33ClN2O4/c1-3-5-26(21-8-10-23(11-9-21)29(35)32(31)17-16-28(33)34)27(22-12-14-24(30)15-13-22)19-36-25-7-4-6-20(2)18-25/h4,6-15,18,26-27H,3,5,16-17,19,31H2,1-2H3,(H,33,34). The number of carboxylic acids is 1. The number of hydrogen-bond donors (Lipinski definition) is 2. The maximum atomic E-state index is 12.6. The van der Waals surface area contributed by atoms with Gasteiger partial charge in [-0.05, 0) is 72.4 Å². The van der Waals surface area contributed by atoms with E-state index in [2.05, 4.69) is 6.92 Å². The van der Waals surface area contributed by atoms with E-state index in [0.29, 0.717) is 17.2 Å². The van der Waals surface area contributed by atoms with Gasteiger partial charge in [0.25, 0.3) is 5.91 Å². The minimum absolute atomic E-state index is 0.0523. The molecule has 0 aromatic heterocycles. The second kappa shape index (κ2) is 13.1. The molecule has 7 heteroatoms. The first-order chi connectivity index (χ1) is 17.3. The summed E-state index contributed by atoms with van der Waals surface area (Å²) in [6.45, 7) is 4.63. The van der Waals surface area contributed by atoms with Gasteiger partial charge in [0.05, 0.1) is 13.0 Å². The van der Waals surface area contributed by atoms with Crippen LogP contribution in [0.5, 0.6) is 5.75 Å². The monoisotopic (exact) mass is 508 g/mol. The van der Waals surface area contributed by atoms with E-state index < -0.39 is 11.9 Å². The van der Waals surface area contributed by atoms with Crippen molar-refractivity contribution in [3.05, 3.63) is 100 Å².